The largest absolute Gasteiger partial charge is 0.324 e. The monoisotopic (exact) mass is 234 g/mol. The van der Waals surface area contributed by atoms with Crippen molar-refractivity contribution in [3.8, 4) is 0 Å². The Morgan fingerprint density at radius 3 is 2.35 bits per heavy atom. The molecule has 0 spiro atoms. The fourth-order valence-electron chi connectivity index (χ4n) is 1.69. The van der Waals surface area contributed by atoms with Crippen LogP contribution in [0.4, 0.5) is 0 Å². The summed E-state index contributed by atoms with van der Waals surface area (Å²) in [4.78, 5) is 0. The molecular formula is C15H26N2. The van der Waals surface area contributed by atoms with Crippen LogP contribution in [0.1, 0.15) is 38.8 Å². The lowest BCUT2D eigenvalue weighted by Gasteiger charge is -2.17. The van der Waals surface area contributed by atoms with Gasteiger partial charge in [-0.15, -0.1) is 0 Å². The summed E-state index contributed by atoms with van der Waals surface area (Å²) in [5.74, 6) is 1.47. The molecular weight excluding hydrogens is 208 g/mol. The molecule has 1 rings (SSSR count). The molecule has 0 heterocycles. The summed E-state index contributed by atoms with van der Waals surface area (Å²) >= 11 is 0. The van der Waals surface area contributed by atoms with Gasteiger partial charge in [0.05, 0.1) is 0 Å². The average molecular weight is 234 g/mol. The van der Waals surface area contributed by atoms with Crippen molar-refractivity contribution in [1.29, 1.82) is 0 Å². The van der Waals surface area contributed by atoms with E-state index in [0.29, 0.717) is 0 Å². The van der Waals surface area contributed by atoms with E-state index in [-0.39, 0.29) is 6.04 Å². The first-order chi connectivity index (χ1) is 8.11. The molecule has 0 saturated heterocycles. The van der Waals surface area contributed by atoms with Crippen LogP contribution in [0.5, 0.6) is 0 Å². The fourth-order valence-corrected chi connectivity index (χ4v) is 1.69. The Morgan fingerprint density at radius 2 is 1.76 bits per heavy atom. The Bertz CT molecular complexity index is 295. The van der Waals surface area contributed by atoms with Crippen LogP contribution in [0.3, 0.4) is 0 Å². The zero-order chi connectivity index (χ0) is 12.7. The molecule has 2 nitrogen and oxygen atoms in total. The van der Waals surface area contributed by atoms with Gasteiger partial charge in [-0.3, -0.25) is 0 Å². The van der Waals surface area contributed by atoms with Crippen LogP contribution in [-0.4, -0.2) is 13.1 Å². The molecule has 0 radical (unpaired) electrons. The van der Waals surface area contributed by atoms with Crippen molar-refractivity contribution >= 4 is 0 Å². The van der Waals surface area contributed by atoms with E-state index in [9.17, 15) is 0 Å². The predicted molar refractivity (Wildman–Crippen MR) is 74.9 cm³/mol. The number of rotatable bonds is 7. The number of nitrogens with two attached hydrogens (primary N) is 1. The molecule has 0 aromatic heterocycles. The Balaban J connectivity index is 2.19. The van der Waals surface area contributed by atoms with Crippen LogP contribution in [0.15, 0.2) is 30.3 Å². The van der Waals surface area contributed by atoms with E-state index < -0.39 is 0 Å². The topological polar surface area (TPSA) is 38.0 Å². The summed E-state index contributed by atoms with van der Waals surface area (Å²) in [6.07, 6.45) is 0.995. The molecule has 0 saturated carbocycles. The Kier molecular flexibility index (Phi) is 6.23. The van der Waals surface area contributed by atoms with Gasteiger partial charge in [0.15, 0.2) is 0 Å². The molecule has 3 N–H and O–H groups in total. The van der Waals surface area contributed by atoms with Crippen LogP contribution in [0.25, 0.3) is 0 Å². The first-order valence-electron chi connectivity index (χ1n) is 6.62. The van der Waals surface area contributed by atoms with Crippen molar-refractivity contribution in [2.75, 3.05) is 13.1 Å². The van der Waals surface area contributed by atoms with Crippen molar-refractivity contribution in [2.24, 2.45) is 17.6 Å². The third kappa shape index (κ3) is 5.33. The minimum atomic E-state index is 0.151. The molecule has 1 aromatic rings. The van der Waals surface area contributed by atoms with Crippen molar-refractivity contribution < 1.29 is 0 Å². The van der Waals surface area contributed by atoms with E-state index in [2.05, 4.69) is 38.2 Å². The van der Waals surface area contributed by atoms with Gasteiger partial charge in [0.25, 0.3) is 0 Å². The summed E-state index contributed by atoms with van der Waals surface area (Å²) < 4.78 is 0. The van der Waals surface area contributed by atoms with E-state index in [1.807, 2.05) is 18.2 Å². The minimum absolute atomic E-state index is 0.151. The maximum atomic E-state index is 6.13. The number of hydrogen-bond donors (Lipinski definition) is 2. The maximum absolute atomic E-state index is 6.13. The second-order valence-electron chi connectivity index (χ2n) is 5.23. The Morgan fingerprint density at radius 1 is 1.12 bits per heavy atom. The van der Waals surface area contributed by atoms with Gasteiger partial charge in [0.1, 0.15) is 0 Å². The van der Waals surface area contributed by atoms with Crippen LogP contribution in [0.2, 0.25) is 0 Å². The van der Waals surface area contributed by atoms with E-state index in [4.69, 9.17) is 5.73 Å². The number of benzene rings is 1. The molecule has 0 fully saturated rings. The molecule has 17 heavy (non-hydrogen) atoms. The molecule has 0 aliphatic rings. The molecule has 0 aliphatic heterocycles. The SMILES string of the molecule is CC(C)C(C)CNCCC(N)c1ccccc1. The van der Waals surface area contributed by atoms with Crippen LogP contribution >= 0.6 is 0 Å². The van der Waals surface area contributed by atoms with E-state index >= 15 is 0 Å². The van der Waals surface area contributed by atoms with Gasteiger partial charge in [-0.1, -0.05) is 51.1 Å². The highest BCUT2D eigenvalue weighted by Crippen LogP contribution is 2.12. The highest BCUT2D eigenvalue weighted by atomic mass is 14.9. The third-order valence-corrected chi connectivity index (χ3v) is 3.46. The highest BCUT2D eigenvalue weighted by Gasteiger charge is 2.07. The normalized spacial score (nSPS) is 14.9. The lowest BCUT2D eigenvalue weighted by atomic mass is 9.98. The molecule has 0 aliphatic carbocycles. The number of nitrogens with one attached hydrogen (secondary N) is 1. The Hall–Kier alpha value is -0.860. The zero-order valence-electron chi connectivity index (χ0n) is 11.3. The lowest BCUT2D eigenvalue weighted by molar-refractivity contribution is 0.389. The fraction of sp³-hybridized carbons (Fsp3) is 0.600. The summed E-state index contributed by atoms with van der Waals surface area (Å²) in [7, 11) is 0. The third-order valence-electron chi connectivity index (χ3n) is 3.46. The van der Waals surface area contributed by atoms with Crippen molar-refractivity contribution in [2.45, 2.75) is 33.2 Å². The van der Waals surface area contributed by atoms with Crippen molar-refractivity contribution in [1.82, 2.24) is 5.32 Å². The second kappa shape index (κ2) is 7.46. The summed E-state index contributed by atoms with van der Waals surface area (Å²) in [6, 6.07) is 10.5. The molecule has 2 atom stereocenters. The second-order valence-corrected chi connectivity index (χ2v) is 5.23. The highest BCUT2D eigenvalue weighted by molar-refractivity contribution is 5.18. The van der Waals surface area contributed by atoms with Crippen LogP contribution in [0, 0.1) is 11.8 Å². The smallest absolute Gasteiger partial charge is 0.0306 e. The quantitative estimate of drug-likeness (QED) is 0.712. The van der Waals surface area contributed by atoms with E-state index in [0.717, 1.165) is 31.3 Å². The first-order valence-corrected chi connectivity index (χ1v) is 6.62. The van der Waals surface area contributed by atoms with Gasteiger partial charge >= 0.3 is 0 Å². The molecule has 1 aromatic carbocycles. The van der Waals surface area contributed by atoms with E-state index in [1.165, 1.54) is 5.56 Å². The summed E-state index contributed by atoms with van der Waals surface area (Å²) in [6.45, 7) is 8.89. The summed E-state index contributed by atoms with van der Waals surface area (Å²) in [5, 5.41) is 3.49. The van der Waals surface area contributed by atoms with Gasteiger partial charge < -0.3 is 11.1 Å². The van der Waals surface area contributed by atoms with Gasteiger partial charge in [0.2, 0.25) is 0 Å². The molecule has 2 unspecified atom stereocenters. The van der Waals surface area contributed by atoms with Crippen molar-refractivity contribution in [3.05, 3.63) is 35.9 Å². The Labute approximate surface area is 106 Å². The average Bonchev–Trinajstić information content (AvgIpc) is 2.35. The molecule has 2 heteroatoms. The lowest BCUT2D eigenvalue weighted by Crippen LogP contribution is -2.27. The predicted octanol–water partition coefficient (Wildman–Crippen LogP) is 2.96. The van der Waals surface area contributed by atoms with Crippen molar-refractivity contribution in [3.63, 3.8) is 0 Å². The van der Waals surface area contributed by atoms with Gasteiger partial charge in [-0.25, -0.2) is 0 Å². The number of hydrogen-bond acceptors (Lipinski definition) is 2. The zero-order valence-corrected chi connectivity index (χ0v) is 11.3. The van der Waals surface area contributed by atoms with Gasteiger partial charge in [-0.05, 0) is 36.9 Å². The maximum Gasteiger partial charge on any atom is 0.0306 e. The van der Waals surface area contributed by atoms with Crippen LogP contribution < -0.4 is 11.1 Å². The molecule has 96 valence electrons. The molecule has 0 bridgehead atoms. The standard InChI is InChI=1S/C15H26N2/c1-12(2)13(3)11-17-10-9-15(16)14-7-5-4-6-8-14/h4-8,12-13,15,17H,9-11,16H2,1-3H3. The van der Waals surface area contributed by atoms with Crippen LogP contribution in [-0.2, 0) is 0 Å². The first kappa shape index (κ1) is 14.2. The molecule has 0 amide bonds. The van der Waals surface area contributed by atoms with E-state index in [1.54, 1.807) is 0 Å². The minimum Gasteiger partial charge on any atom is -0.324 e. The van der Waals surface area contributed by atoms with Gasteiger partial charge in [-0.2, -0.15) is 0 Å². The van der Waals surface area contributed by atoms with Gasteiger partial charge in [0, 0.05) is 6.04 Å². The summed E-state index contributed by atoms with van der Waals surface area (Å²) in [5.41, 5.74) is 7.36.